The number of carboxylic acids is 1. The van der Waals surface area contributed by atoms with Gasteiger partial charge in [0.2, 0.25) is 0 Å². The number of fused-ring (bicyclic) bond motifs is 1. The molecule has 0 aliphatic rings. The number of aliphatic carboxylic acids is 1. The van der Waals surface area contributed by atoms with Crippen molar-refractivity contribution in [3.63, 3.8) is 0 Å². The van der Waals surface area contributed by atoms with Crippen LogP contribution in [0.2, 0.25) is 0 Å². The minimum absolute atomic E-state index is 0.146. The maximum Gasteiger partial charge on any atom is 0.313 e. The highest BCUT2D eigenvalue weighted by atomic mass is 16.4. The van der Waals surface area contributed by atoms with E-state index in [0.717, 1.165) is 22.1 Å². The summed E-state index contributed by atoms with van der Waals surface area (Å²) in [5.41, 5.74) is 2.27. The summed E-state index contributed by atoms with van der Waals surface area (Å²) in [6, 6.07) is 14.7. The van der Waals surface area contributed by atoms with Gasteiger partial charge in [0.15, 0.2) is 0 Å². The zero-order valence-electron chi connectivity index (χ0n) is 12.9. The van der Waals surface area contributed by atoms with Crippen molar-refractivity contribution < 1.29 is 15.0 Å². The van der Waals surface area contributed by atoms with Crippen LogP contribution in [0.15, 0.2) is 54.7 Å². The summed E-state index contributed by atoms with van der Waals surface area (Å²) in [4.78, 5) is 15.6. The molecule has 0 radical (unpaired) electrons. The number of pyridine rings is 1. The number of rotatable bonds is 3. The van der Waals surface area contributed by atoms with E-state index in [9.17, 15) is 15.0 Å². The average molecular weight is 307 g/mol. The number of phenolic OH excluding ortho intramolecular Hbond substituents is 1. The van der Waals surface area contributed by atoms with Gasteiger partial charge in [0, 0.05) is 11.6 Å². The minimum Gasteiger partial charge on any atom is -0.506 e. The first kappa shape index (κ1) is 15.0. The molecule has 1 heterocycles. The van der Waals surface area contributed by atoms with Crippen molar-refractivity contribution in [2.75, 3.05) is 0 Å². The maximum absolute atomic E-state index is 11.4. The Hall–Kier alpha value is -2.88. The molecule has 4 nitrogen and oxygen atoms in total. The van der Waals surface area contributed by atoms with E-state index in [1.54, 1.807) is 26.1 Å². The van der Waals surface area contributed by atoms with Crippen LogP contribution in [0, 0.1) is 0 Å². The molecule has 0 fully saturated rings. The van der Waals surface area contributed by atoms with E-state index >= 15 is 0 Å². The molecule has 116 valence electrons. The molecule has 3 aromatic rings. The largest absolute Gasteiger partial charge is 0.506 e. The van der Waals surface area contributed by atoms with E-state index in [-0.39, 0.29) is 5.75 Å². The zero-order valence-corrected chi connectivity index (χ0v) is 12.9. The van der Waals surface area contributed by atoms with E-state index < -0.39 is 11.4 Å². The van der Waals surface area contributed by atoms with Crippen molar-refractivity contribution in [2.24, 2.45) is 0 Å². The Morgan fingerprint density at radius 1 is 1.04 bits per heavy atom. The lowest BCUT2D eigenvalue weighted by Crippen LogP contribution is -2.28. The second kappa shape index (κ2) is 5.39. The van der Waals surface area contributed by atoms with Crippen LogP contribution in [0.1, 0.15) is 19.4 Å². The molecule has 4 heteroatoms. The molecule has 23 heavy (non-hydrogen) atoms. The molecule has 0 saturated heterocycles. The molecular formula is C19H17NO3. The fourth-order valence-corrected chi connectivity index (χ4v) is 2.60. The van der Waals surface area contributed by atoms with Gasteiger partial charge >= 0.3 is 5.97 Å². The highest BCUT2D eigenvalue weighted by Crippen LogP contribution is 2.33. The first-order chi connectivity index (χ1) is 10.9. The summed E-state index contributed by atoms with van der Waals surface area (Å²) in [5, 5.41) is 20.1. The quantitative estimate of drug-likeness (QED) is 0.768. The highest BCUT2D eigenvalue weighted by molar-refractivity contribution is 5.97. The lowest BCUT2D eigenvalue weighted by atomic mass is 9.84. The second-order valence-corrected chi connectivity index (χ2v) is 6.04. The monoisotopic (exact) mass is 307 g/mol. The Morgan fingerprint density at radius 2 is 1.74 bits per heavy atom. The summed E-state index contributed by atoms with van der Waals surface area (Å²) in [7, 11) is 0. The fourth-order valence-electron chi connectivity index (χ4n) is 2.60. The third-order valence-electron chi connectivity index (χ3n) is 4.20. The first-order valence-electron chi connectivity index (χ1n) is 7.32. The molecule has 2 aromatic carbocycles. The van der Waals surface area contributed by atoms with Gasteiger partial charge in [-0.2, -0.15) is 0 Å². The number of carboxylic acid groups (broad SMARTS) is 1. The van der Waals surface area contributed by atoms with Crippen LogP contribution in [0.4, 0.5) is 0 Å². The lowest BCUT2D eigenvalue weighted by Gasteiger charge is -2.20. The van der Waals surface area contributed by atoms with Gasteiger partial charge in [0.1, 0.15) is 11.3 Å². The van der Waals surface area contributed by atoms with Gasteiger partial charge in [-0.15, -0.1) is 0 Å². The molecule has 2 N–H and O–H groups in total. The summed E-state index contributed by atoms with van der Waals surface area (Å²) in [5.74, 6) is -0.711. The number of benzene rings is 2. The number of hydrogen-bond donors (Lipinski definition) is 2. The predicted octanol–water partition coefficient (Wildman–Crippen LogP) is 3.97. The molecule has 0 amide bonds. The minimum atomic E-state index is -0.933. The van der Waals surface area contributed by atoms with E-state index in [1.165, 1.54) is 0 Å². The van der Waals surface area contributed by atoms with Gasteiger partial charge in [0.25, 0.3) is 0 Å². The van der Waals surface area contributed by atoms with E-state index in [1.807, 2.05) is 42.5 Å². The van der Waals surface area contributed by atoms with Gasteiger partial charge in [-0.3, -0.25) is 9.78 Å². The van der Waals surface area contributed by atoms with Gasteiger partial charge in [0.05, 0.1) is 5.41 Å². The number of aromatic hydroxyl groups is 1. The fraction of sp³-hybridized carbons (Fsp3) is 0.158. The van der Waals surface area contributed by atoms with Crippen LogP contribution in [-0.2, 0) is 10.2 Å². The Kier molecular flexibility index (Phi) is 3.52. The highest BCUT2D eigenvalue weighted by Gasteiger charge is 2.29. The topological polar surface area (TPSA) is 70.4 Å². The molecule has 0 bridgehead atoms. The molecule has 3 rings (SSSR count). The van der Waals surface area contributed by atoms with E-state index in [0.29, 0.717) is 5.52 Å². The number of hydrogen-bond acceptors (Lipinski definition) is 3. The summed E-state index contributed by atoms with van der Waals surface area (Å²) in [6.45, 7) is 3.37. The van der Waals surface area contributed by atoms with E-state index in [4.69, 9.17) is 0 Å². The van der Waals surface area contributed by atoms with Crippen LogP contribution < -0.4 is 0 Å². The van der Waals surface area contributed by atoms with Gasteiger partial charge in [-0.1, -0.05) is 30.3 Å². The van der Waals surface area contributed by atoms with Crippen LogP contribution in [-0.4, -0.2) is 21.2 Å². The zero-order chi connectivity index (χ0) is 16.6. The Morgan fingerprint density at radius 3 is 2.39 bits per heavy atom. The average Bonchev–Trinajstić information content (AvgIpc) is 2.55. The predicted molar refractivity (Wildman–Crippen MR) is 89.5 cm³/mol. The smallest absolute Gasteiger partial charge is 0.313 e. The molecule has 0 aliphatic heterocycles. The van der Waals surface area contributed by atoms with Crippen molar-refractivity contribution in [1.82, 2.24) is 4.98 Å². The molecule has 1 aromatic heterocycles. The van der Waals surface area contributed by atoms with Crippen molar-refractivity contribution in [3.8, 4) is 16.9 Å². The molecule has 0 atom stereocenters. The number of aromatic nitrogens is 1. The third-order valence-corrected chi connectivity index (χ3v) is 4.20. The summed E-state index contributed by atoms with van der Waals surface area (Å²) < 4.78 is 0. The Balaban J connectivity index is 2.11. The normalized spacial score (nSPS) is 11.6. The van der Waals surface area contributed by atoms with E-state index in [2.05, 4.69) is 4.98 Å². The number of phenols is 1. The van der Waals surface area contributed by atoms with Crippen molar-refractivity contribution >= 4 is 16.9 Å². The first-order valence-corrected chi connectivity index (χ1v) is 7.32. The maximum atomic E-state index is 11.4. The van der Waals surface area contributed by atoms with Crippen molar-refractivity contribution in [1.29, 1.82) is 0 Å². The van der Waals surface area contributed by atoms with Gasteiger partial charge in [-0.25, -0.2) is 0 Å². The standard InChI is InChI=1S/C19H17NO3/c1-19(2,18(22)23)13-7-5-12(6-8-13)14-9-10-16(21)17-15(14)4-3-11-20-17/h3-11,21H,1-2H3,(H,22,23). The Labute approximate surface area is 134 Å². The lowest BCUT2D eigenvalue weighted by molar-refractivity contribution is -0.142. The van der Waals surface area contributed by atoms with Crippen LogP contribution in [0.3, 0.4) is 0 Å². The summed E-state index contributed by atoms with van der Waals surface area (Å²) in [6.07, 6.45) is 1.64. The van der Waals surface area contributed by atoms with Crippen LogP contribution >= 0.6 is 0 Å². The number of carbonyl (C=O) groups is 1. The second-order valence-electron chi connectivity index (χ2n) is 6.04. The molecule has 0 unspecified atom stereocenters. The number of nitrogens with zero attached hydrogens (tertiary/aromatic N) is 1. The SMILES string of the molecule is CC(C)(C(=O)O)c1ccc(-c2ccc(O)c3ncccc23)cc1. The third kappa shape index (κ3) is 2.52. The van der Waals surface area contributed by atoms with Crippen molar-refractivity contribution in [2.45, 2.75) is 19.3 Å². The van der Waals surface area contributed by atoms with Gasteiger partial charge in [-0.05, 0) is 48.7 Å². The molecule has 0 aliphatic carbocycles. The van der Waals surface area contributed by atoms with Crippen molar-refractivity contribution in [3.05, 3.63) is 60.3 Å². The van der Waals surface area contributed by atoms with Crippen LogP contribution in [0.25, 0.3) is 22.0 Å². The molecule has 0 spiro atoms. The van der Waals surface area contributed by atoms with Crippen LogP contribution in [0.5, 0.6) is 5.75 Å². The molecule has 0 saturated carbocycles. The summed E-state index contributed by atoms with van der Waals surface area (Å²) >= 11 is 0. The van der Waals surface area contributed by atoms with Gasteiger partial charge < -0.3 is 10.2 Å². The molecular weight excluding hydrogens is 290 g/mol. The Bertz CT molecular complexity index is 883.